The molecule has 0 aliphatic heterocycles. The minimum atomic E-state index is -0.697. The molecule has 0 amide bonds. The van der Waals surface area contributed by atoms with Gasteiger partial charge in [0.05, 0.1) is 5.75 Å². The smallest absolute Gasteiger partial charge is 0.313 e. The van der Waals surface area contributed by atoms with Crippen LogP contribution in [0.3, 0.4) is 0 Å². The molecule has 1 N–H and O–H groups in total. The summed E-state index contributed by atoms with van der Waals surface area (Å²) in [7, 11) is 0. The molecule has 1 aliphatic rings. The third-order valence-corrected chi connectivity index (χ3v) is 6.67. The van der Waals surface area contributed by atoms with Crippen LogP contribution >= 0.6 is 23.5 Å². The SMILES string of the molecule is CCCCCC/C=C/[C@H]1CCC[C@@H]1SCCCSCC(=O)O. The number of aliphatic carboxylic acids is 1. The van der Waals surface area contributed by atoms with Gasteiger partial charge in [0, 0.05) is 5.25 Å². The van der Waals surface area contributed by atoms with Crippen LogP contribution in [-0.2, 0) is 4.79 Å². The van der Waals surface area contributed by atoms with Gasteiger partial charge in [-0.15, -0.1) is 0 Å². The Bertz CT molecular complexity index is 318. The van der Waals surface area contributed by atoms with Crippen molar-refractivity contribution in [3.05, 3.63) is 12.2 Å². The predicted molar refractivity (Wildman–Crippen MR) is 101 cm³/mol. The second kappa shape index (κ2) is 13.4. The number of allylic oxidation sites excluding steroid dienone is 2. The van der Waals surface area contributed by atoms with Gasteiger partial charge in [-0.2, -0.15) is 23.5 Å². The highest BCUT2D eigenvalue weighted by Crippen LogP contribution is 2.36. The lowest BCUT2D eigenvalue weighted by molar-refractivity contribution is -0.133. The molecule has 1 aliphatic carbocycles. The molecule has 2 nitrogen and oxygen atoms in total. The lowest BCUT2D eigenvalue weighted by Crippen LogP contribution is -2.08. The van der Waals surface area contributed by atoms with E-state index in [1.54, 1.807) is 11.8 Å². The second-order valence-electron chi connectivity index (χ2n) is 6.08. The van der Waals surface area contributed by atoms with Gasteiger partial charge in [0.2, 0.25) is 0 Å². The largest absolute Gasteiger partial charge is 0.481 e. The Morgan fingerprint density at radius 2 is 2.05 bits per heavy atom. The van der Waals surface area contributed by atoms with Crippen molar-refractivity contribution >= 4 is 29.5 Å². The number of thioether (sulfide) groups is 2. The monoisotopic (exact) mass is 344 g/mol. The number of hydrogen-bond donors (Lipinski definition) is 1. The van der Waals surface area contributed by atoms with E-state index in [9.17, 15) is 4.79 Å². The Kier molecular flexibility index (Phi) is 12.1. The third-order valence-electron chi connectivity index (χ3n) is 4.10. The number of carboxylic acids is 1. The Morgan fingerprint density at radius 3 is 2.82 bits per heavy atom. The van der Waals surface area contributed by atoms with Crippen molar-refractivity contribution in [1.29, 1.82) is 0 Å². The lowest BCUT2D eigenvalue weighted by atomic mass is 10.1. The maximum Gasteiger partial charge on any atom is 0.313 e. The van der Waals surface area contributed by atoms with E-state index in [2.05, 4.69) is 30.8 Å². The fraction of sp³-hybridized carbons (Fsp3) is 0.833. The number of rotatable bonds is 13. The van der Waals surface area contributed by atoms with Crippen molar-refractivity contribution in [2.75, 3.05) is 17.3 Å². The summed E-state index contributed by atoms with van der Waals surface area (Å²) in [5.74, 6) is 2.49. The molecular formula is C18H32O2S2. The van der Waals surface area contributed by atoms with Gasteiger partial charge in [-0.05, 0) is 49.5 Å². The van der Waals surface area contributed by atoms with Crippen LogP contribution in [0.2, 0.25) is 0 Å². The first-order valence-electron chi connectivity index (χ1n) is 8.81. The molecule has 0 aromatic carbocycles. The standard InChI is InChI=1S/C18H32O2S2/c1-2-3-4-5-6-7-10-16-11-8-12-17(16)22-14-9-13-21-15-18(19)20/h7,10,16-17H,2-6,8-9,11-15H2,1H3,(H,19,20)/b10-7+/t16-,17-/m0/s1. The van der Waals surface area contributed by atoms with Crippen molar-refractivity contribution in [2.45, 2.75) is 70.0 Å². The Morgan fingerprint density at radius 1 is 1.18 bits per heavy atom. The van der Waals surface area contributed by atoms with E-state index in [1.165, 1.54) is 57.1 Å². The normalized spacial score (nSPS) is 21.7. The minimum absolute atomic E-state index is 0.248. The molecule has 0 unspecified atom stereocenters. The van der Waals surface area contributed by atoms with Crippen LogP contribution in [0.25, 0.3) is 0 Å². The molecule has 22 heavy (non-hydrogen) atoms. The van der Waals surface area contributed by atoms with Crippen molar-refractivity contribution in [1.82, 2.24) is 0 Å². The van der Waals surface area contributed by atoms with Gasteiger partial charge in [-0.3, -0.25) is 4.79 Å². The van der Waals surface area contributed by atoms with Crippen LogP contribution < -0.4 is 0 Å². The first-order chi connectivity index (χ1) is 10.7. The fourth-order valence-corrected chi connectivity index (χ4v) is 5.17. The molecule has 0 heterocycles. The molecule has 0 saturated heterocycles. The molecule has 0 bridgehead atoms. The first kappa shape index (κ1) is 20.0. The zero-order valence-corrected chi connectivity index (χ0v) is 15.6. The zero-order valence-electron chi connectivity index (χ0n) is 14.0. The van der Waals surface area contributed by atoms with Gasteiger partial charge in [0.15, 0.2) is 0 Å². The highest BCUT2D eigenvalue weighted by Gasteiger charge is 2.24. The van der Waals surface area contributed by atoms with Gasteiger partial charge >= 0.3 is 5.97 Å². The average Bonchev–Trinajstić information content (AvgIpc) is 2.93. The van der Waals surface area contributed by atoms with E-state index in [-0.39, 0.29) is 5.75 Å². The van der Waals surface area contributed by atoms with Crippen molar-refractivity contribution < 1.29 is 9.90 Å². The van der Waals surface area contributed by atoms with Crippen molar-refractivity contribution in [2.24, 2.45) is 5.92 Å². The highest BCUT2D eigenvalue weighted by atomic mass is 32.2. The Hall–Kier alpha value is -0.0900. The summed E-state index contributed by atoms with van der Waals surface area (Å²) in [4.78, 5) is 10.4. The van der Waals surface area contributed by atoms with Crippen LogP contribution in [0.1, 0.15) is 64.7 Å². The minimum Gasteiger partial charge on any atom is -0.481 e. The molecule has 1 rings (SSSR count). The highest BCUT2D eigenvalue weighted by molar-refractivity contribution is 8.00. The number of unbranched alkanes of at least 4 members (excludes halogenated alkanes) is 4. The number of carboxylic acid groups (broad SMARTS) is 1. The summed E-state index contributed by atoms with van der Waals surface area (Å²) in [6, 6.07) is 0. The zero-order chi connectivity index (χ0) is 16.0. The van der Waals surface area contributed by atoms with E-state index < -0.39 is 5.97 Å². The quantitative estimate of drug-likeness (QED) is 0.347. The summed E-state index contributed by atoms with van der Waals surface area (Å²) in [6.45, 7) is 2.26. The van der Waals surface area contributed by atoms with Crippen molar-refractivity contribution in [3.63, 3.8) is 0 Å². The number of hydrogen-bond acceptors (Lipinski definition) is 3. The fourth-order valence-electron chi connectivity index (χ4n) is 2.90. The Balaban J connectivity index is 2.07. The van der Waals surface area contributed by atoms with Crippen LogP contribution in [-0.4, -0.2) is 33.6 Å². The van der Waals surface area contributed by atoms with Crippen LogP contribution in [0, 0.1) is 5.92 Å². The average molecular weight is 345 g/mol. The Labute approximate surface area is 144 Å². The summed E-state index contributed by atoms with van der Waals surface area (Å²) < 4.78 is 0. The molecule has 0 aromatic rings. The molecule has 1 fully saturated rings. The summed E-state index contributed by atoms with van der Waals surface area (Å²) >= 11 is 3.65. The molecule has 2 atom stereocenters. The van der Waals surface area contributed by atoms with Gasteiger partial charge in [-0.1, -0.05) is 44.8 Å². The summed E-state index contributed by atoms with van der Waals surface area (Å²) in [5.41, 5.74) is 0. The maximum absolute atomic E-state index is 10.4. The lowest BCUT2D eigenvalue weighted by Gasteiger charge is -2.15. The van der Waals surface area contributed by atoms with E-state index in [4.69, 9.17) is 5.11 Å². The van der Waals surface area contributed by atoms with Crippen LogP contribution in [0.15, 0.2) is 12.2 Å². The van der Waals surface area contributed by atoms with Crippen molar-refractivity contribution in [3.8, 4) is 0 Å². The van der Waals surface area contributed by atoms with Gasteiger partial charge in [0.1, 0.15) is 0 Å². The van der Waals surface area contributed by atoms with E-state index in [0.717, 1.165) is 23.3 Å². The van der Waals surface area contributed by atoms with E-state index in [0.29, 0.717) is 0 Å². The van der Waals surface area contributed by atoms with E-state index >= 15 is 0 Å². The van der Waals surface area contributed by atoms with Gasteiger partial charge in [-0.25, -0.2) is 0 Å². The molecule has 1 saturated carbocycles. The maximum atomic E-state index is 10.4. The van der Waals surface area contributed by atoms with Gasteiger partial charge < -0.3 is 5.11 Å². The molecule has 4 heteroatoms. The summed E-state index contributed by atoms with van der Waals surface area (Å²) in [5, 5.41) is 9.40. The topological polar surface area (TPSA) is 37.3 Å². The second-order valence-corrected chi connectivity index (χ2v) is 8.53. The summed E-state index contributed by atoms with van der Waals surface area (Å²) in [6.07, 6.45) is 16.8. The molecule has 0 aromatic heterocycles. The predicted octanol–water partition coefficient (Wildman–Crippen LogP) is 5.62. The van der Waals surface area contributed by atoms with Crippen LogP contribution in [0.5, 0.6) is 0 Å². The van der Waals surface area contributed by atoms with Crippen LogP contribution in [0.4, 0.5) is 0 Å². The van der Waals surface area contributed by atoms with Gasteiger partial charge in [0.25, 0.3) is 0 Å². The molecule has 0 spiro atoms. The molecule has 128 valence electrons. The molecular weight excluding hydrogens is 312 g/mol. The first-order valence-corrected chi connectivity index (χ1v) is 11.0. The number of carbonyl (C=O) groups is 1. The van der Waals surface area contributed by atoms with E-state index in [1.807, 2.05) is 0 Å². The third kappa shape index (κ3) is 9.83. The molecule has 0 radical (unpaired) electrons.